The molecule has 3 aromatic rings. The van der Waals surface area contributed by atoms with E-state index in [0.29, 0.717) is 11.6 Å². The summed E-state index contributed by atoms with van der Waals surface area (Å²) in [5.74, 6) is 0. The van der Waals surface area contributed by atoms with Crippen LogP contribution in [0.2, 0.25) is 5.02 Å². The van der Waals surface area contributed by atoms with Gasteiger partial charge < -0.3 is 10.1 Å². The number of amides is 1. The molecule has 0 saturated heterocycles. The van der Waals surface area contributed by atoms with Crippen LogP contribution in [-0.4, -0.2) is 27.6 Å². The number of hydrogen-bond acceptors (Lipinski definition) is 1. The lowest BCUT2D eigenvalue weighted by Crippen LogP contribution is -2.52. The number of nitrogens with zero attached hydrogens (tertiary/aromatic N) is 1. The summed E-state index contributed by atoms with van der Waals surface area (Å²) in [5, 5.41) is 11.9. The van der Waals surface area contributed by atoms with Gasteiger partial charge in [0.25, 0.3) is 0 Å². The molecular formula is C22H21ClN2O2. The summed E-state index contributed by atoms with van der Waals surface area (Å²) in [7, 11) is 0. The van der Waals surface area contributed by atoms with Gasteiger partial charge in [0.15, 0.2) is 0 Å². The van der Waals surface area contributed by atoms with E-state index in [0.717, 1.165) is 36.9 Å². The molecule has 2 aromatic carbocycles. The van der Waals surface area contributed by atoms with Crippen LogP contribution in [0.5, 0.6) is 0 Å². The number of aromatic amines is 1. The molecule has 0 radical (unpaired) electrons. The Morgan fingerprint density at radius 2 is 1.89 bits per heavy atom. The SMILES string of the molecule is O=C(O)N1CCc2c([nH]c3ccccc23)C1C1(c2ccc(Cl)cc2)CCC1. The van der Waals surface area contributed by atoms with E-state index >= 15 is 0 Å². The third-order valence-corrected chi connectivity index (χ3v) is 6.72. The second-order valence-corrected chi connectivity index (χ2v) is 8.14. The molecule has 2 aliphatic rings. The normalized spacial score (nSPS) is 20.9. The number of para-hydroxylation sites is 1. The minimum Gasteiger partial charge on any atom is -0.465 e. The molecule has 1 aliphatic heterocycles. The second kappa shape index (κ2) is 6.03. The molecule has 1 fully saturated rings. The molecule has 1 aromatic heterocycles. The van der Waals surface area contributed by atoms with Gasteiger partial charge in [0.1, 0.15) is 0 Å². The Hall–Kier alpha value is -2.46. The molecule has 1 saturated carbocycles. The number of benzene rings is 2. The van der Waals surface area contributed by atoms with Crippen LogP contribution >= 0.6 is 11.6 Å². The lowest BCUT2D eigenvalue weighted by atomic mass is 9.58. The van der Waals surface area contributed by atoms with Gasteiger partial charge in [-0.3, -0.25) is 4.90 Å². The first-order valence-electron chi connectivity index (χ1n) is 9.45. The molecule has 4 nitrogen and oxygen atoms in total. The van der Waals surface area contributed by atoms with Crippen molar-refractivity contribution in [1.82, 2.24) is 9.88 Å². The van der Waals surface area contributed by atoms with Gasteiger partial charge in [0.2, 0.25) is 0 Å². The molecule has 27 heavy (non-hydrogen) atoms. The lowest BCUT2D eigenvalue weighted by Gasteiger charge is -2.52. The molecule has 2 heterocycles. The van der Waals surface area contributed by atoms with Crippen molar-refractivity contribution in [1.29, 1.82) is 0 Å². The number of aromatic nitrogens is 1. The zero-order valence-corrected chi connectivity index (χ0v) is 15.7. The Bertz CT molecular complexity index is 1020. The summed E-state index contributed by atoms with van der Waals surface area (Å²) in [4.78, 5) is 17.4. The van der Waals surface area contributed by atoms with Gasteiger partial charge in [0, 0.05) is 33.6 Å². The number of hydrogen-bond donors (Lipinski definition) is 2. The van der Waals surface area contributed by atoms with Crippen LogP contribution in [0.15, 0.2) is 48.5 Å². The molecule has 5 heteroatoms. The molecule has 1 atom stereocenters. The van der Waals surface area contributed by atoms with Crippen LogP contribution in [0.25, 0.3) is 10.9 Å². The number of nitrogens with one attached hydrogen (secondary N) is 1. The quantitative estimate of drug-likeness (QED) is 0.615. The summed E-state index contributed by atoms with van der Waals surface area (Å²) in [6.07, 6.45) is 2.99. The van der Waals surface area contributed by atoms with Crippen LogP contribution in [0.4, 0.5) is 4.79 Å². The Morgan fingerprint density at radius 1 is 1.15 bits per heavy atom. The standard InChI is InChI=1S/C22H21ClN2O2/c23-15-8-6-14(7-9-15)22(11-3-12-22)20-19-17(10-13-25(20)21(26)27)16-4-1-2-5-18(16)24-19/h1-2,4-9,20,24H,3,10-13H2,(H,26,27). The minimum absolute atomic E-state index is 0.193. The number of carbonyl (C=O) groups is 1. The number of H-pyrrole nitrogens is 1. The van der Waals surface area contributed by atoms with E-state index in [1.165, 1.54) is 16.5 Å². The number of fused-ring (bicyclic) bond motifs is 3. The van der Waals surface area contributed by atoms with E-state index in [-0.39, 0.29) is 11.5 Å². The highest BCUT2D eigenvalue weighted by Gasteiger charge is 2.52. The van der Waals surface area contributed by atoms with E-state index < -0.39 is 6.09 Å². The van der Waals surface area contributed by atoms with Gasteiger partial charge in [-0.2, -0.15) is 0 Å². The second-order valence-electron chi connectivity index (χ2n) is 7.71. The van der Waals surface area contributed by atoms with E-state index in [1.807, 2.05) is 24.3 Å². The first-order chi connectivity index (χ1) is 13.1. The van der Waals surface area contributed by atoms with Crippen LogP contribution < -0.4 is 0 Å². The Balaban J connectivity index is 1.72. The van der Waals surface area contributed by atoms with Gasteiger partial charge in [-0.15, -0.1) is 0 Å². The third-order valence-electron chi connectivity index (χ3n) is 6.47. The summed E-state index contributed by atoms with van der Waals surface area (Å²) >= 11 is 6.11. The zero-order chi connectivity index (χ0) is 18.6. The first-order valence-corrected chi connectivity index (χ1v) is 9.83. The highest BCUT2D eigenvalue weighted by Crippen LogP contribution is 2.56. The first kappa shape index (κ1) is 16.7. The average molecular weight is 381 g/mol. The topological polar surface area (TPSA) is 56.3 Å². The average Bonchev–Trinajstić information content (AvgIpc) is 3.01. The highest BCUT2D eigenvalue weighted by molar-refractivity contribution is 6.30. The number of rotatable bonds is 2. The predicted octanol–water partition coefficient (Wildman–Crippen LogP) is 5.52. The summed E-state index contributed by atoms with van der Waals surface area (Å²) in [6, 6.07) is 16.0. The predicted molar refractivity (Wildman–Crippen MR) is 106 cm³/mol. The smallest absolute Gasteiger partial charge is 0.407 e. The van der Waals surface area contributed by atoms with Crippen LogP contribution in [0, 0.1) is 0 Å². The van der Waals surface area contributed by atoms with Crippen LogP contribution in [0.3, 0.4) is 0 Å². The molecule has 5 rings (SSSR count). The van der Waals surface area contributed by atoms with E-state index in [9.17, 15) is 9.90 Å². The van der Waals surface area contributed by atoms with Crippen LogP contribution in [0.1, 0.15) is 42.1 Å². The van der Waals surface area contributed by atoms with Crippen LogP contribution in [-0.2, 0) is 11.8 Å². The molecule has 0 spiro atoms. The van der Waals surface area contributed by atoms with Gasteiger partial charge in [-0.1, -0.05) is 48.4 Å². The van der Waals surface area contributed by atoms with E-state index in [1.54, 1.807) is 4.90 Å². The number of carboxylic acid groups (broad SMARTS) is 1. The van der Waals surface area contributed by atoms with Crippen molar-refractivity contribution in [2.75, 3.05) is 6.54 Å². The summed E-state index contributed by atoms with van der Waals surface area (Å²) < 4.78 is 0. The minimum atomic E-state index is -0.843. The maximum atomic E-state index is 12.2. The van der Waals surface area contributed by atoms with Crippen molar-refractivity contribution in [3.63, 3.8) is 0 Å². The van der Waals surface area contributed by atoms with Crippen molar-refractivity contribution < 1.29 is 9.90 Å². The fraction of sp³-hybridized carbons (Fsp3) is 0.318. The molecule has 138 valence electrons. The van der Waals surface area contributed by atoms with Gasteiger partial charge in [0.05, 0.1) is 6.04 Å². The molecular weight excluding hydrogens is 360 g/mol. The summed E-state index contributed by atoms with van der Waals surface area (Å²) in [6.45, 7) is 0.532. The molecule has 1 aliphatic carbocycles. The maximum Gasteiger partial charge on any atom is 0.407 e. The Labute approximate surface area is 162 Å². The maximum absolute atomic E-state index is 12.2. The molecule has 2 N–H and O–H groups in total. The largest absolute Gasteiger partial charge is 0.465 e. The molecule has 1 unspecified atom stereocenters. The van der Waals surface area contributed by atoms with Crippen molar-refractivity contribution in [3.8, 4) is 0 Å². The highest BCUT2D eigenvalue weighted by atomic mass is 35.5. The van der Waals surface area contributed by atoms with Gasteiger partial charge in [-0.05, 0) is 48.6 Å². The van der Waals surface area contributed by atoms with E-state index in [2.05, 4.69) is 29.2 Å². The summed E-state index contributed by atoms with van der Waals surface area (Å²) in [5.41, 5.74) is 4.41. The van der Waals surface area contributed by atoms with Gasteiger partial charge in [-0.25, -0.2) is 4.79 Å². The molecule has 1 amide bonds. The van der Waals surface area contributed by atoms with Crippen molar-refractivity contribution >= 4 is 28.6 Å². The fourth-order valence-corrected chi connectivity index (χ4v) is 5.21. The lowest BCUT2D eigenvalue weighted by molar-refractivity contribution is 0.0496. The molecule has 0 bridgehead atoms. The zero-order valence-electron chi connectivity index (χ0n) is 14.9. The van der Waals surface area contributed by atoms with E-state index in [4.69, 9.17) is 11.6 Å². The monoisotopic (exact) mass is 380 g/mol. The van der Waals surface area contributed by atoms with Crippen molar-refractivity contribution in [3.05, 3.63) is 70.4 Å². The Morgan fingerprint density at radius 3 is 2.56 bits per heavy atom. The third kappa shape index (κ3) is 2.39. The van der Waals surface area contributed by atoms with Gasteiger partial charge >= 0.3 is 6.09 Å². The van der Waals surface area contributed by atoms with Crippen molar-refractivity contribution in [2.45, 2.75) is 37.1 Å². The van der Waals surface area contributed by atoms with Crippen molar-refractivity contribution in [2.24, 2.45) is 0 Å². The fourth-order valence-electron chi connectivity index (χ4n) is 5.08. The number of halogens is 1. The Kier molecular flexibility index (Phi) is 3.73.